The number of amides is 1. The van der Waals surface area contributed by atoms with Crippen LogP contribution in [0.4, 0.5) is 8.78 Å². The molecule has 0 radical (unpaired) electrons. The first kappa shape index (κ1) is 21.0. The molecule has 1 aromatic heterocycles. The smallest absolute Gasteiger partial charge is 0.224 e. The maximum absolute atomic E-state index is 13.8. The van der Waals surface area contributed by atoms with Crippen LogP contribution in [0, 0.1) is 25.5 Å². The van der Waals surface area contributed by atoms with E-state index >= 15 is 0 Å². The van der Waals surface area contributed by atoms with Gasteiger partial charge in [0.25, 0.3) is 0 Å². The highest BCUT2D eigenvalue weighted by Gasteiger charge is 2.18. The molecule has 1 amide bonds. The van der Waals surface area contributed by atoms with Crippen molar-refractivity contribution in [3.8, 4) is 5.69 Å². The lowest BCUT2D eigenvalue weighted by Crippen LogP contribution is -2.35. The molecule has 2 aromatic carbocycles. The third kappa shape index (κ3) is 4.82. The van der Waals surface area contributed by atoms with Crippen molar-refractivity contribution in [2.24, 2.45) is 0 Å². The zero-order valence-corrected chi connectivity index (χ0v) is 17.2. The van der Waals surface area contributed by atoms with Gasteiger partial charge in [-0.1, -0.05) is 17.7 Å². The first-order chi connectivity index (χ1) is 13.8. The Morgan fingerprint density at radius 2 is 1.72 bits per heavy atom. The van der Waals surface area contributed by atoms with E-state index in [1.165, 1.54) is 18.2 Å². The molecule has 1 heterocycles. The predicted octanol–water partition coefficient (Wildman–Crippen LogP) is 4.71. The topological polar surface area (TPSA) is 46.9 Å². The van der Waals surface area contributed by atoms with Gasteiger partial charge >= 0.3 is 0 Å². The van der Waals surface area contributed by atoms with Crippen LogP contribution in [0.1, 0.15) is 29.4 Å². The Labute approximate surface area is 173 Å². The number of carbonyl (C=O) groups is 1. The van der Waals surface area contributed by atoms with Crippen LogP contribution >= 0.6 is 11.6 Å². The summed E-state index contributed by atoms with van der Waals surface area (Å²) in [4.78, 5) is 12.5. The molecular formula is C22H22ClF2N3O. The number of hydrogen-bond donors (Lipinski definition) is 1. The summed E-state index contributed by atoms with van der Waals surface area (Å²) in [6.07, 6.45) is 0.210. The average Bonchev–Trinajstić information content (AvgIpc) is 2.93. The molecular weight excluding hydrogens is 396 g/mol. The zero-order chi connectivity index (χ0) is 21.1. The zero-order valence-electron chi connectivity index (χ0n) is 16.5. The minimum atomic E-state index is -0.609. The van der Waals surface area contributed by atoms with Crippen LogP contribution in [0.3, 0.4) is 0 Å². The van der Waals surface area contributed by atoms with Gasteiger partial charge in [0.15, 0.2) is 0 Å². The fourth-order valence-corrected chi connectivity index (χ4v) is 3.46. The van der Waals surface area contributed by atoms with E-state index in [0.717, 1.165) is 22.6 Å². The van der Waals surface area contributed by atoms with Crippen molar-refractivity contribution in [1.29, 1.82) is 0 Å². The lowest BCUT2D eigenvalue weighted by atomic mass is 10.0. The summed E-state index contributed by atoms with van der Waals surface area (Å²) in [5.41, 5.74) is 3.25. The molecule has 0 aliphatic carbocycles. The van der Waals surface area contributed by atoms with E-state index in [-0.39, 0.29) is 24.3 Å². The molecule has 3 rings (SSSR count). The molecule has 0 saturated carbocycles. The van der Waals surface area contributed by atoms with Crippen LogP contribution < -0.4 is 5.32 Å². The lowest BCUT2D eigenvalue weighted by Gasteiger charge is -2.15. The number of aromatic nitrogens is 2. The highest BCUT2D eigenvalue weighted by molar-refractivity contribution is 6.30. The molecule has 1 atom stereocenters. The van der Waals surface area contributed by atoms with Gasteiger partial charge in [-0.25, -0.2) is 13.5 Å². The van der Waals surface area contributed by atoms with Gasteiger partial charge in [-0.05, 0) is 63.6 Å². The van der Waals surface area contributed by atoms with Crippen LogP contribution in [0.5, 0.6) is 0 Å². The summed E-state index contributed by atoms with van der Waals surface area (Å²) < 4.78 is 29.4. The Bertz CT molecular complexity index is 1010. The number of nitrogens with one attached hydrogen (secondary N) is 1. The molecule has 0 aliphatic heterocycles. The first-order valence-electron chi connectivity index (χ1n) is 9.29. The van der Waals surface area contributed by atoms with E-state index in [9.17, 15) is 13.6 Å². The average molecular weight is 418 g/mol. The van der Waals surface area contributed by atoms with Crippen LogP contribution in [0.2, 0.25) is 5.02 Å². The van der Waals surface area contributed by atoms with Crippen LogP contribution in [0.25, 0.3) is 5.69 Å². The van der Waals surface area contributed by atoms with Gasteiger partial charge in [0.1, 0.15) is 11.6 Å². The number of nitrogens with zero attached hydrogens (tertiary/aromatic N) is 2. The highest BCUT2D eigenvalue weighted by atomic mass is 35.5. The second-order valence-corrected chi connectivity index (χ2v) is 7.52. The molecule has 7 heteroatoms. The molecule has 1 unspecified atom stereocenters. The summed E-state index contributed by atoms with van der Waals surface area (Å²) in [6.45, 7) is 5.47. The van der Waals surface area contributed by atoms with Crippen LogP contribution in [0.15, 0.2) is 42.5 Å². The fraction of sp³-hybridized carbons (Fsp3) is 0.273. The summed E-state index contributed by atoms with van der Waals surface area (Å²) in [7, 11) is 0. The normalized spacial score (nSPS) is 12.1. The minimum Gasteiger partial charge on any atom is -0.353 e. The van der Waals surface area contributed by atoms with E-state index in [1.807, 2.05) is 26.0 Å². The minimum absolute atomic E-state index is 0.0248. The number of carbonyl (C=O) groups excluding carboxylic acids is 1. The Kier molecular flexibility index (Phi) is 6.33. The summed E-state index contributed by atoms with van der Waals surface area (Å²) in [6, 6.07) is 10.6. The Balaban J connectivity index is 1.70. The van der Waals surface area contributed by atoms with Crippen LogP contribution in [-0.2, 0) is 17.6 Å². The third-order valence-corrected chi connectivity index (χ3v) is 5.08. The van der Waals surface area contributed by atoms with E-state index in [2.05, 4.69) is 10.4 Å². The second kappa shape index (κ2) is 8.74. The molecule has 152 valence electrons. The summed E-state index contributed by atoms with van der Waals surface area (Å²) >= 11 is 5.94. The predicted molar refractivity (Wildman–Crippen MR) is 109 cm³/mol. The van der Waals surface area contributed by atoms with Gasteiger partial charge in [0, 0.05) is 27.9 Å². The SMILES string of the molecule is Cc1nn(-c2ccc(Cl)cc2)c(C)c1CC(=O)NC(C)Cc1c(F)cccc1F. The van der Waals surface area contributed by atoms with Crippen molar-refractivity contribution in [3.05, 3.63) is 81.6 Å². The number of benzene rings is 2. The Morgan fingerprint density at radius 3 is 2.34 bits per heavy atom. The van der Waals surface area contributed by atoms with Gasteiger partial charge in [0.05, 0.1) is 17.8 Å². The molecule has 1 N–H and O–H groups in total. The molecule has 0 bridgehead atoms. The van der Waals surface area contributed by atoms with E-state index in [4.69, 9.17) is 11.6 Å². The van der Waals surface area contributed by atoms with Crippen LogP contribution in [-0.4, -0.2) is 21.7 Å². The Morgan fingerprint density at radius 1 is 1.10 bits per heavy atom. The van der Waals surface area contributed by atoms with E-state index < -0.39 is 17.7 Å². The molecule has 3 aromatic rings. The number of aryl methyl sites for hydroxylation is 1. The summed E-state index contributed by atoms with van der Waals surface area (Å²) in [5.74, 6) is -1.44. The maximum Gasteiger partial charge on any atom is 0.224 e. The fourth-order valence-electron chi connectivity index (χ4n) is 3.34. The molecule has 0 saturated heterocycles. The number of rotatable bonds is 6. The van der Waals surface area contributed by atoms with E-state index in [1.54, 1.807) is 23.7 Å². The van der Waals surface area contributed by atoms with Crippen molar-refractivity contribution in [2.45, 2.75) is 39.7 Å². The van der Waals surface area contributed by atoms with E-state index in [0.29, 0.717) is 5.02 Å². The van der Waals surface area contributed by atoms with Crippen molar-refractivity contribution in [3.63, 3.8) is 0 Å². The second-order valence-electron chi connectivity index (χ2n) is 7.09. The molecule has 29 heavy (non-hydrogen) atoms. The lowest BCUT2D eigenvalue weighted by molar-refractivity contribution is -0.121. The molecule has 0 spiro atoms. The monoisotopic (exact) mass is 417 g/mol. The maximum atomic E-state index is 13.8. The van der Waals surface area contributed by atoms with Gasteiger partial charge in [-0.15, -0.1) is 0 Å². The highest BCUT2D eigenvalue weighted by Crippen LogP contribution is 2.20. The molecule has 4 nitrogen and oxygen atoms in total. The standard InChI is InChI=1S/C22H22ClF2N3O/c1-13(11-19-20(24)5-4-6-21(19)25)26-22(29)12-18-14(2)27-28(15(18)3)17-9-7-16(23)8-10-17/h4-10,13H,11-12H2,1-3H3,(H,26,29). The van der Waals surface area contributed by atoms with Crippen molar-refractivity contribution >= 4 is 17.5 Å². The van der Waals surface area contributed by atoms with Gasteiger partial charge in [-0.3, -0.25) is 4.79 Å². The van der Waals surface area contributed by atoms with Gasteiger partial charge < -0.3 is 5.32 Å². The first-order valence-corrected chi connectivity index (χ1v) is 9.67. The van der Waals surface area contributed by atoms with Crippen molar-refractivity contribution < 1.29 is 13.6 Å². The molecule has 0 aliphatic rings. The third-order valence-electron chi connectivity index (χ3n) is 4.83. The van der Waals surface area contributed by atoms with Gasteiger partial charge in [0.2, 0.25) is 5.91 Å². The quantitative estimate of drug-likeness (QED) is 0.631. The van der Waals surface area contributed by atoms with Crippen molar-refractivity contribution in [2.75, 3.05) is 0 Å². The summed E-state index contributed by atoms with van der Waals surface area (Å²) in [5, 5.41) is 7.98. The van der Waals surface area contributed by atoms with Crippen molar-refractivity contribution in [1.82, 2.24) is 15.1 Å². The van der Waals surface area contributed by atoms with Gasteiger partial charge in [-0.2, -0.15) is 5.10 Å². The number of hydrogen-bond acceptors (Lipinski definition) is 2. The Hall–Kier alpha value is -2.73. The largest absolute Gasteiger partial charge is 0.353 e. The molecule has 0 fully saturated rings. The number of halogens is 3.